The molecule has 0 aliphatic rings. The van der Waals surface area contributed by atoms with Gasteiger partial charge in [-0.3, -0.25) is 4.79 Å². The molecule has 0 atom stereocenters. The molecule has 0 aliphatic heterocycles. The summed E-state index contributed by atoms with van der Waals surface area (Å²) >= 11 is 0. The Balaban J connectivity index is 2.37. The third kappa shape index (κ3) is 2.74. The molecule has 0 amide bonds. The average Bonchev–Trinajstić information content (AvgIpc) is 2.40. The molecule has 0 aromatic heterocycles. The topological polar surface area (TPSA) is 43.1 Å². The summed E-state index contributed by atoms with van der Waals surface area (Å²) in [6, 6.07) is 13.3. The number of hydrogen-bond acceptors (Lipinski definition) is 2. The van der Waals surface area contributed by atoms with Crippen LogP contribution in [0.1, 0.15) is 47.8 Å². The average molecular weight is 267 g/mol. The molecule has 0 radical (unpaired) electrons. The van der Waals surface area contributed by atoms with Crippen molar-refractivity contribution in [2.24, 2.45) is 0 Å². The van der Waals surface area contributed by atoms with Gasteiger partial charge in [0.1, 0.15) is 0 Å². The number of anilines is 1. The molecule has 0 saturated heterocycles. The molecule has 2 heteroatoms. The van der Waals surface area contributed by atoms with Crippen LogP contribution in [0, 0.1) is 6.92 Å². The molecule has 0 saturated carbocycles. The van der Waals surface area contributed by atoms with Crippen LogP contribution in [0.2, 0.25) is 0 Å². The van der Waals surface area contributed by atoms with E-state index < -0.39 is 0 Å². The van der Waals surface area contributed by atoms with E-state index in [4.69, 9.17) is 5.73 Å². The van der Waals surface area contributed by atoms with Crippen molar-refractivity contribution in [3.8, 4) is 0 Å². The van der Waals surface area contributed by atoms with Crippen molar-refractivity contribution in [3.05, 3.63) is 64.7 Å². The summed E-state index contributed by atoms with van der Waals surface area (Å²) in [7, 11) is 0. The van der Waals surface area contributed by atoms with Gasteiger partial charge in [-0.05, 0) is 29.5 Å². The minimum atomic E-state index is 0.0234. The van der Waals surface area contributed by atoms with Crippen LogP contribution in [-0.2, 0) is 5.41 Å². The zero-order valence-corrected chi connectivity index (χ0v) is 12.5. The highest BCUT2D eigenvalue weighted by Crippen LogP contribution is 2.24. The molecule has 2 rings (SSSR count). The molecule has 0 aliphatic carbocycles. The van der Waals surface area contributed by atoms with E-state index in [1.165, 1.54) is 5.56 Å². The third-order valence-corrected chi connectivity index (χ3v) is 3.63. The molecule has 104 valence electrons. The van der Waals surface area contributed by atoms with E-state index in [-0.39, 0.29) is 11.2 Å². The molecule has 20 heavy (non-hydrogen) atoms. The summed E-state index contributed by atoms with van der Waals surface area (Å²) in [5, 5.41) is 0. The van der Waals surface area contributed by atoms with E-state index in [1.54, 1.807) is 0 Å². The Morgan fingerprint density at radius 2 is 1.60 bits per heavy atom. The molecular formula is C18H21NO. The van der Waals surface area contributed by atoms with Crippen LogP contribution in [0.4, 0.5) is 5.69 Å². The van der Waals surface area contributed by atoms with Gasteiger partial charge in [0.15, 0.2) is 5.78 Å². The van der Waals surface area contributed by atoms with E-state index >= 15 is 0 Å². The lowest BCUT2D eigenvalue weighted by Gasteiger charge is -2.19. The zero-order chi connectivity index (χ0) is 14.9. The first-order valence-corrected chi connectivity index (χ1v) is 6.81. The molecule has 0 heterocycles. The van der Waals surface area contributed by atoms with Gasteiger partial charge < -0.3 is 5.73 Å². The molecule has 0 fully saturated rings. The Kier molecular flexibility index (Phi) is 3.67. The lowest BCUT2D eigenvalue weighted by Crippen LogP contribution is -2.11. The number of hydrogen-bond donors (Lipinski definition) is 1. The smallest absolute Gasteiger partial charge is 0.193 e. The second-order valence-electron chi connectivity index (χ2n) is 6.18. The van der Waals surface area contributed by atoms with E-state index in [0.29, 0.717) is 16.8 Å². The Bertz CT molecular complexity index is 633. The number of nitrogen functional groups attached to an aromatic ring is 1. The molecule has 2 aromatic carbocycles. The van der Waals surface area contributed by atoms with Crippen molar-refractivity contribution in [3.63, 3.8) is 0 Å². The normalized spacial score (nSPS) is 11.4. The van der Waals surface area contributed by atoms with Gasteiger partial charge >= 0.3 is 0 Å². The van der Waals surface area contributed by atoms with Gasteiger partial charge in [0.2, 0.25) is 0 Å². The second kappa shape index (κ2) is 5.12. The summed E-state index contributed by atoms with van der Waals surface area (Å²) in [5.41, 5.74) is 10.1. The van der Waals surface area contributed by atoms with Crippen molar-refractivity contribution in [1.82, 2.24) is 0 Å². The Morgan fingerprint density at radius 3 is 2.15 bits per heavy atom. The lowest BCUT2D eigenvalue weighted by molar-refractivity contribution is 0.103. The standard InChI is InChI=1S/C18H21NO/c1-12-15(6-5-7-16(12)19)17(20)13-8-10-14(11-9-13)18(2,3)4/h5-11H,19H2,1-4H3. The predicted molar refractivity (Wildman–Crippen MR) is 84.2 cm³/mol. The monoisotopic (exact) mass is 267 g/mol. The quantitative estimate of drug-likeness (QED) is 0.657. The van der Waals surface area contributed by atoms with Gasteiger partial charge in [-0.25, -0.2) is 0 Å². The Labute approximate surface area is 120 Å². The third-order valence-electron chi connectivity index (χ3n) is 3.63. The molecule has 2 N–H and O–H groups in total. The first-order chi connectivity index (χ1) is 9.30. The van der Waals surface area contributed by atoms with E-state index in [9.17, 15) is 4.79 Å². The van der Waals surface area contributed by atoms with Gasteiger partial charge in [0, 0.05) is 16.8 Å². The fraction of sp³-hybridized carbons (Fsp3) is 0.278. The minimum absolute atomic E-state index is 0.0234. The van der Waals surface area contributed by atoms with Gasteiger partial charge in [0.25, 0.3) is 0 Å². The van der Waals surface area contributed by atoms with Gasteiger partial charge in [0.05, 0.1) is 0 Å². The summed E-state index contributed by atoms with van der Waals surface area (Å²) in [4.78, 5) is 12.5. The van der Waals surface area contributed by atoms with Crippen molar-refractivity contribution in [2.75, 3.05) is 5.73 Å². The molecule has 2 nitrogen and oxygen atoms in total. The van der Waals surface area contributed by atoms with E-state index in [2.05, 4.69) is 20.8 Å². The van der Waals surface area contributed by atoms with Crippen LogP contribution < -0.4 is 5.73 Å². The van der Waals surface area contributed by atoms with Gasteiger partial charge in [-0.1, -0.05) is 57.2 Å². The fourth-order valence-corrected chi connectivity index (χ4v) is 2.18. The van der Waals surface area contributed by atoms with Crippen LogP contribution in [0.3, 0.4) is 0 Å². The first kappa shape index (κ1) is 14.3. The minimum Gasteiger partial charge on any atom is -0.398 e. The van der Waals surface area contributed by atoms with Crippen LogP contribution >= 0.6 is 0 Å². The number of carbonyl (C=O) groups excluding carboxylic acids is 1. The molecule has 0 unspecified atom stereocenters. The number of rotatable bonds is 2. The summed E-state index contributed by atoms with van der Waals surface area (Å²) in [6.07, 6.45) is 0. The number of nitrogens with two attached hydrogens (primary N) is 1. The molecule has 2 aromatic rings. The van der Waals surface area contributed by atoms with Gasteiger partial charge in [-0.2, -0.15) is 0 Å². The summed E-state index contributed by atoms with van der Waals surface area (Å²) < 4.78 is 0. The lowest BCUT2D eigenvalue weighted by atomic mass is 9.86. The van der Waals surface area contributed by atoms with Crippen molar-refractivity contribution in [2.45, 2.75) is 33.1 Å². The Hall–Kier alpha value is -2.09. The van der Waals surface area contributed by atoms with Crippen LogP contribution in [0.5, 0.6) is 0 Å². The highest BCUT2D eigenvalue weighted by atomic mass is 16.1. The van der Waals surface area contributed by atoms with Crippen LogP contribution in [-0.4, -0.2) is 5.78 Å². The van der Waals surface area contributed by atoms with Crippen molar-refractivity contribution < 1.29 is 4.79 Å². The first-order valence-electron chi connectivity index (χ1n) is 6.81. The predicted octanol–water partition coefficient (Wildman–Crippen LogP) is 4.11. The highest BCUT2D eigenvalue weighted by molar-refractivity contribution is 6.10. The van der Waals surface area contributed by atoms with Gasteiger partial charge in [-0.15, -0.1) is 0 Å². The van der Waals surface area contributed by atoms with Crippen molar-refractivity contribution >= 4 is 11.5 Å². The van der Waals surface area contributed by atoms with Crippen LogP contribution in [0.25, 0.3) is 0 Å². The maximum absolute atomic E-state index is 12.5. The fourth-order valence-electron chi connectivity index (χ4n) is 2.18. The Morgan fingerprint density at radius 1 is 1.00 bits per heavy atom. The maximum Gasteiger partial charge on any atom is 0.193 e. The maximum atomic E-state index is 12.5. The molecule has 0 bridgehead atoms. The highest BCUT2D eigenvalue weighted by Gasteiger charge is 2.16. The number of ketones is 1. The molecule has 0 spiro atoms. The summed E-state index contributed by atoms with van der Waals surface area (Å²) in [5.74, 6) is 0.0234. The number of benzene rings is 2. The summed E-state index contributed by atoms with van der Waals surface area (Å²) in [6.45, 7) is 8.36. The SMILES string of the molecule is Cc1c(N)cccc1C(=O)c1ccc(C(C)(C)C)cc1. The number of carbonyl (C=O) groups is 1. The second-order valence-corrected chi connectivity index (χ2v) is 6.18. The largest absolute Gasteiger partial charge is 0.398 e. The van der Waals surface area contributed by atoms with Crippen molar-refractivity contribution in [1.29, 1.82) is 0 Å². The van der Waals surface area contributed by atoms with Crippen LogP contribution in [0.15, 0.2) is 42.5 Å². The van der Waals surface area contributed by atoms with E-state index in [1.807, 2.05) is 49.4 Å². The zero-order valence-electron chi connectivity index (χ0n) is 12.5. The molecular weight excluding hydrogens is 246 g/mol. The van der Waals surface area contributed by atoms with E-state index in [0.717, 1.165) is 5.56 Å².